The van der Waals surface area contributed by atoms with Crippen molar-refractivity contribution in [2.45, 2.75) is 25.9 Å². The number of aryl methyl sites for hydroxylation is 1. The van der Waals surface area contributed by atoms with Crippen LogP contribution in [0.25, 0.3) is 0 Å². The maximum absolute atomic E-state index is 12.3. The maximum Gasteiger partial charge on any atom is 0.243 e. The fourth-order valence-corrected chi connectivity index (χ4v) is 2.46. The number of rotatable bonds is 2. The molecule has 1 aromatic heterocycles. The molecule has 0 saturated carbocycles. The molecule has 1 unspecified atom stereocenters. The summed E-state index contributed by atoms with van der Waals surface area (Å²) in [6.07, 6.45) is 2.42. The topological polar surface area (TPSA) is 54.0 Å². The Balaban J connectivity index is 0.00000121. The average Bonchev–Trinajstić information content (AvgIpc) is 2.47. The van der Waals surface area contributed by atoms with Gasteiger partial charge in [-0.25, -0.2) is 4.98 Å². The molecule has 6 heteroatoms. The second kappa shape index (κ2) is 8.13. The molecule has 1 aliphatic rings. The molecule has 22 heavy (non-hydrogen) atoms. The number of aromatic nitrogens is 1. The van der Waals surface area contributed by atoms with Crippen molar-refractivity contribution in [3.8, 4) is 0 Å². The van der Waals surface area contributed by atoms with Gasteiger partial charge < -0.3 is 10.6 Å². The van der Waals surface area contributed by atoms with Crippen LogP contribution in [0.4, 0.5) is 5.82 Å². The van der Waals surface area contributed by atoms with Gasteiger partial charge >= 0.3 is 0 Å². The molecular formula is C16H19Cl2N3O. The fraction of sp³-hybridized carbons (Fsp3) is 0.250. The number of carbonyl (C=O) groups is 1. The number of fused-ring (bicyclic) bond motifs is 1. The van der Waals surface area contributed by atoms with Crippen molar-refractivity contribution in [1.29, 1.82) is 0 Å². The SMILES string of the molecule is Cc1ccnc(NC(=O)C2Cc3ccccc3CN2)c1.Cl.Cl. The standard InChI is InChI=1S/C16H17N3O.2ClH/c1-11-6-7-17-15(8-11)19-16(20)14-9-12-4-2-3-5-13(12)10-18-14;;/h2-8,14,18H,9-10H2,1H3,(H,17,19,20);2*1H. The summed E-state index contributed by atoms with van der Waals surface area (Å²) in [5, 5.41) is 6.14. The lowest BCUT2D eigenvalue weighted by Crippen LogP contribution is -2.44. The second-order valence-electron chi connectivity index (χ2n) is 5.11. The van der Waals surface area contributed by atoms with Gasteiger partial charge in [0.2, 0.25) is 5.91 Å². The first kappa shape index (κ1) is 18.4. The minimum atomic E-state index is -0.202. The molecule has 0 spiro atoms. The predicted molar refractivity (Wildman–Crippen MR) is 92.9 cm³/mol. The number of carbonyl (C=O) groups excluding carboxylic acids is 1. The third-order valence-electron chi connectivity index (χ3n) is 3.56. The van der Waals surface area contributed by atoms with E-state index in [-0.39, 0.29) is 36.8 Å². The Morgan fingerprint density at radius 1 is 1.23 bits per heavy atom. The summed E-state index contributed by atoms with van der Waals surface area (Å²) in [4.78, 5) is 16.4. The molecule has 1 amide bonds. The first-order valence-electron chi connectivity index (χ1n) is 6.76. The molecule has 0 fully saturated rings. The Morgan fingerprint density at radius 2 is 1.95 bits per heavy atom. The zero-order chi connectivity index (χ0) is 13.9. The highest BCUT2D eigenvalue weighted by Gasteiger charge is 2.23. The lowest BCUT2D eigenvalue weighted by molar-refractivity contribution is -0.118. The third kappa shape index (κ3) is 4.19. The summed E-state index contributed by atoms with van der Waals surface area (Å²) in [6, 6.07) is 11.8. The zero-order valence-corrected chi connectivity index (χ0v) is 13.8. The van der Waals surface area contributed by atoms with Gasteiger partial charge in [0.1, 0.15) is 5.82 Å². The molecule has 0 aliphatic carbocycles. The number of anilines is 1. The number of pyridine rings is 1. The van der Waals surface area contributed by atoms with Crippen molar-refractivity contribution in [3.05, 3.63) is 59.3 Å². The molecule has 2 aromatic rings. The van der Waals surface area contributed by atoms with Gasteiger partial charge in [0.25, 0.3) is 0 Å². The van der Waals surface area contributed by atoms with E-state index in [1.54, 1.807) is 6.20 Å². The van der Waals surface area contributed by atoms with Crippen LogP contribution < -0.4 is 10.6 Å². The van der Waals surface area contributed by atoms with E-state index in [0.29, 0.717) is 12.2 Å². The molecule has 1 atom stereocenters. The van der Waals surface area contributed by atoms with Gasteiger partial charge in [-0.05, 0) is 42.2 Å². The Labute approximate surface area is 142 Å². The minimum absolute atomic E-state index is 0. The Kier molecular flexibility index (Phi) is 6.81. The average molecular weight is 340 g/mol. The van der Waals surface area contributed by atoms with Crippen LogP contribution in [0.15, 0.2) is 42.6 Å². The molecule has 0 bridgehead atoms. The molecule has 4 nitrogen and oxygen atoms in total. The van der Waals surface area contributed by atoms with E-state index in [0.717, 1.165) is 12.1 Å². The number of halogens is 2. The molecule has 1 aliphatic heterocycles. The van der Waals surface area contributed by atoms with E-state index in [9.17, 15) is 4.79 Å². The first-order valence-corrected chi connectivity index (χ1v) is 6.76. The van der Waals surface area contributed by atoms with E-state index in [2.05, 4.69) is 27.8 Å². The van der Waals surface area contributed by atoms with Crippen molar-refractivity contribution in [2.75, 3.05) is 5.32 Å². The van der Waals surface area contributed by atoms with E-state index in [4.69, 9.17) is 0 Å². The number of amides is 1. The minimum Gasteiger partial charge on any atom is -0.309 e. The Morgan fingerprint density at radius 3 is 2.68 bits per heavy atom. The summed E-state index contributed by atoms with van der Waals surface area (Å²) in [5.41, 5.74) is 3.59. The molecule has 0 saturated heterocycles. The molecular weight excluding hydrogens is 321 g/mol. The highest BCUT2D eigenvalue weighted by molar-refractivity contribution is 5.94. The summed E-state index contributed by atoms with van der Waals surface area (Å²) in [6.45, 7) is 2.71. The van der Waals surface area contributed by atoms with Crippen LogP contribution in [0.2, 0.25) is 0 Å². The van der Waals surface area contributed by atoms with Crippen molar-refractivity contribution in [3.63, 3.8) is 0 Å². The van der Waals surface area contributed by atoms with Crippen LogP contribution in [-0.4, -0.2) is 16.9 Å². The van der Waals surface area contributed by atoms with E-state index in [1.165, 1.54) is 11.1 Å². The highest BCUT2D eigenvalue weighted by Crippen LogP contribution is 2.17. The Hall–Kier alpha value is -1.62. The summed E-state index contributed by atoms with van der Waals surface area (Å²) in [7, 11) is 0. The summed E-state index contributed by atoms with van der Waals surface area (Å²) < 4.78 is 0. The first-order chi connectivity index (χ1) is 9.72. The highest BCUT2D eigenvalue weighted by atomic mass is 35.5. The monoisotopic (exact) mass is 339 g/mol. The van der Waals surface area contributed by atoms with E-state index in [1.807, 2.05) is 31.2 Å². The maximum atomic E-state index is 12.3. The van der Waals surface area contributed by atoms with Crippen LogP contribution in [0.1, 0.15) is 16.7 Å². The number of benzene rings is 1. The molecule has 2 N–H and O–H groups in total. The predicted octanol–water partition coefficient (Wildman–Crippen LogP) is 2.89. The van der Waals surface area contributed by atoms with Crippen LogP contribution in [0, 0.1) is 6.92 Å². The van der Waals surface area contributed by atoms with Gasteiger partial charge in [-0.2, -0.15) is 0 Å². The molecule has 2 heterocycles. The van der Waals surface area contributed by atoms with Crippen molar-refractivity contribution < 1.29 is 4.79 Å². The molecule has 118 valence electrons. The Bertz CT molecular complexity index is 649. The van der Waals surface area contributed by atoms with Crippen LogP contribution in [0.3, 0.4) is 0 Å². The van der Waals surface area contributed by atoms with Crippen LogP contribution in [-0.2, 0) is 17.8 Å². The van der Waals surface area contributed by atoms with E-state index >= 15 is 0 Å². The summed E-state index contributed by atoms with van der Waals surface area (Å²) >= 11 is 0. The van der Waals surface area contributed by atoms with E-state index < -0.39 is 0 Å². The molecule has 0 radical (unpaired) electrons. The molecule has 3 rings (SSSR count). The van der Waals surface area contributed by atoms with Crippen molar-refractivity contribution >= 4 is 36.5 Å². The molecule has 1 aromatic carbocycles. The van der Waals surface area contributed by atoms with Crippen molar-refractivity contribution in [2.24, 2.45) is 0 Å². The van der Waals surface area contributed by atoms with Crippen LogP contribution in [0.5, 0.6) is 0 Å². The number of hydrogen-bond acceptors (Lipinski definition) is 3. The smallest absolute Gasteiger partial charge is 0.243 e. The van der Waals surface area contributed by atoms with Gasteiger partial charge in [-0.1, -0.05) is 24.3 Å². The fourth-order valence-electron chi connectivity index (χ4n) is 2.46. The normalized spacial score (nSPS) is 15.8. The third-order valence-corrected chi connectivity index (χ3v) is 3.56. The lowest BCUT2D eigenvalue weighted by Gasteiger charge is -2.25. The zero-order valence-electron chi connectivity index (χ0n) is 12.2. The number of nitrogens with zero attached hydrogens (tertiary/aromatic N) is 1. The van der Waals surface area contributed by atoms with Gasteiger partial charge in [-0.15, -0.1) is 24.8 Å². The number of nitrogens with one attached hydrogen (secondary N) is 2. The number of hydrogen-bond donors (Lipinski definition) is 2. The quantitative estimate of drug-likeness (QED) is 0.884. The van der Waals surface area contributed by atoms with Gasteiger partial charge in [0.05, 0.1) is 6.04 Å². The van der Waals surface area contributed by atoms with Gasteiger partial charge in [0.15, 0.2) is 0 Å². The lowest BCUT2D eigenvalue weighted by atomic mass is 9.95. The largest absolute Gasteiger partial charge is 0.309 e. The summed E-state index contributed by atoms with van der Waals surface area (Å²) in [5.74, 6) is 0.577. The van der Waals surface area contributed by atoms with Gasteiger partial charge in [0, 0.05) is 12.7 Å². The van der Waals surface area contributed by atoms with Gasteiger partial charge in [-0.3, -0.25) is 4.79 Å². The van der Waals surface area contributed by atoms with Crippen LogP contribution >= 0.6 is 24.8 Å². The second-order valence-corrected chi connectivity index (χ2v) is 5.11. The van der Waals surface area contributed by atoms with Crippen molar-refractivity contribution in [1.82, 2.24) is 10.3 Å².